The molecule has 0 N–H and O–H groups in total. The van der Waals surface area contributed by atoms with Crippen LogP contribution in [0.1, 0.15) is 38.2 Å². The van der Waals surface area contributed by atoms with Gasteiger partial charge >= 0.3 is 0 Å². The Hall–Kier alpha value is -2.14. The minimum atomic E-state index is 0.594. The zero-order valence-corrected chi connectivity index (χ0v) is 16.4. The Kier molecular flexibility index (Phi) is 5.87. The molecule has 0 saturated carbocycles. The Morgan fingerprint density at radius 2 is 1.78 bits per heavy atom. The maximum absolute atomic E-state index is 4.95. The summed E-state index contributed by atoms with van der Waals surface area (Å²) in [6.45, 7) is 8.62. The standard InChI is InChI=1S/C22H31N5/c1-2-20-10-6-7-13-27(20)22-23-12-11-21(24-22)26-16-14-25(15-17-26)18-19-8-4-3-5-9-19/h3-5,8-9,11-12,20H,2,6-7,10,13-18H2,1H3. The Morgan fingerprint density at radius 1 is 0.963 bits per heavy atom. The number of rotatable bonds is 5. The van der Waals surface area contributed by atoms with Crippen LogP contribution in [-0.4, -0.2) is 53.6 Å². The van der Waals surface area contributed by atoms with Crippen molar-refractivity contribution in [3.63, 3.8) is 0 Å². The lowest BCUT2D eigenvalue weighted by Crippen LogP contribution is -2.46. The van der Waals surface area contributed by atoms with E-state index in [0.717, 1.165) is 51.0 Å². The van der Waals surface area contributed by atoms with Crippen molar-refractivity contribution in [1.29, 1.82) is 0 Å². The topological polar surface area (TPSA) is 35.5 Å². The Bertz CT molecular complexity index is 712. The van der Waals surface area contributed by atoms with E-state index in [1.165, 1.54) is 31.2 Å². The number of hydrogen-bond donors (Lipinski definition) is 0. The second kappa shape index (κ2) is 8.70. The molecule has 0 amide bonds. The average Bonchev–Trinajstić information content (AvgIpc) is 2.75. The first-order chi connectivity index (χ1) is 13.3. The normalized spacial score (nSPS) is 21.4. The van der Waals surface area contributed by atoms with Gasteiger partial charge in [0, 0.05) is 51.5 Å². The highest BCUT2D eigenvalue weighted by Crippen LogP contribution is 2.25. The van der Waals surface area contributed by atoms with Crippen LogP contribution in [0.2, 0.25) is 0 Å². The molecule has 0 spiro atoms. The maximum Gasteiger partial charge on any atom is 0.227 e. The van der Waals surface area contributed by atoms with Crippen LogP contribution in [-0.2, 0) is 6.54 Å². The van der Waals surface area contributed by atoms with Gasteiger partial charge in [-0.05, 0) is 37.3 Å². The Morgan fingerprint density at radius 3 is 2.56 bits per heavy atom. The largest absolute Gasteiger partial charge is 0.354 e. The van der Waals surface area contributed by atoms with Gasteiger partial charge in [-0.25, -0.2) is 4.98 Å². The summed E-state index contributed by atoms with van der Waals surface area (Å²) < 4.78 is 0. The smallest absolute Gasteiger partial charge is 0.227 e. The second-order valence-corrected chi connectivity index (χ2v) is 7.71. The van der Waals surface area contributed by atoms with E-state index in [2.05, 4.69) is 63.0 Å². The van der Waals surface area contributed by atoms with Gasteiger partial charge in [0.25, 0.3) is 0 Å². The molecule has 5 heteroatoms. The Balaban J connectivity index is 1.38. The monoisotopic (exact) mass is 365 g/mol. The summed E-state index contributed by atoms with van der Waals surface area (Å²) in [4.78, 5) is 16.9. The van der Waals surface area contributed by atoms with Gasteiger partial charge in [0.2, 0.25) is 5.95 Å². The minimum Gasteiger partial charge on any atom is -0.354 e. The van der Waals surface area contributed by atoms with Crippen LogP contribution in [0.15, 0.2) is 42.6 Å². The molecule has 3 heterocycles. The third-order valence-corrected chi connectivity index (χ3v) is 5.93. The van der Waals surface area contributed by atoms with E-state index in [1.807, 2.05) is 6.20 Å². The van der Waals surface area contributed by atoms with Crippen LogP contribution in [0, 0.1) is 0 Å². The van der Waals surface area contributed by atoms with Gasteiger partial charge in [0.1, 0.15) is 5.82 Å². The number of nitrogens with zero attached hydrogens (tertiary/aromatic N) is 5. The van der Waals surface area contributed by atoms with Gasteiger partial charge in [-0.2, -0.15) is 4.98 Å². The van der Waals surface area contributed by atoms with Crippen molar-refractivity contribution in [2.45, 2.75) is 45.2 Å². The van der Waals surface area contributed by atoms with Crippen LogP contribution < -0.4 is 9.80 Å². The fourth-order valence-electron chi connectivity index (χ4n) is 4.32. The highest BCUT2D eigenvalue weighted by molar-refractivity contribution is 5.45. The molecule has 2 fully saturated rings. The van der Waals surface area contributed by atoms with E-state index in [1.54, 1.807) is 0 Å². The zero-order valence-electron chi connectivity index (χ0n) is 16.4. The quantitative estimate of drug-likeness (QED) is 0.809. The van der Waals surface area contributed by atoms with Crippen LogP contribution in [0.4, 0.5) is 11.8 Å². The van der Waals surface area contributed by atoms with Crippen molar-refractivity contribution >= 4 is 11.8 Å². The zero-order chi connectivity index (χ0) is 18.5. The predicted octanol–water partition coefficient (Wildman–Crippen LogP) is 3.57. The number of piperazine rings is 1. The first kappa shape index (κ1) is 18.2. The van der Waals surface area contributed by atoms with Crippen LogP contribution in [0.25, 0.3) is 0 Å². The SMILES string of the molecule is CCC1CCCCN1c1nccc(N2CCN(Cc3ccccc3)CC2)n1. The van der Waals surface area contributed by atoms with Gasteiger partial charge in [0.15, 0.2) is 0 Å². The molecule has 0 bridgehead atoms. The van der Waals surface area contributed by atoms with E-state index >= 15 is 0 Å². The molecule has 1 aromatic carbocycles. The highest BCUT2D eigenvalue weighted by Gasteiger charge is 2.24. The molecule has 5 nitrogen and oxygen atoms in total. The molecule has 2 aliphatic rings. The van der Waals surface area contributed by atoms with Crippen molar-refractivity contribution < 1.29 is 0 Å². The Labute approximate surface area is 163 Å². The first-order valence-corrected chi connectivity index (χ1v) is 10.4. The fourth-order valence-corrected chi connectivity index (χ4v) is 4.32. The number of anilines is 2. The summed E-state index contributed by atoms with van der Waals surface area (Å²) in [5.41, 5.74) is 1.39. The van der Waals surface area contributed by atoms with Crippen molar-refractivity contribution in [3.8, 4) is 0 Å². The lowest BCUT2D eigenvalue weighted by atomic mass is 10.0. The van der Waals surface area contributed by atoms with Crippen molar-refractivity contribution in [2.75, 3.05) is 42.5 Å². The van der Waals surface area contributed by atoms with Gasteiger partial charge in [-0.3, -0.25) is 4.90 Å². The van der Waals surface area contributed by atoms with Crippen LogP contribution in [0.5, 0.6) is 0 Å². The summed E-state index contributed by atoms with van der Waals surface area (Å²) >= 11 is 0. The number of benzene rings is 1. The molecule has 2 aliphatic heterocycles. The number of aromatic nitrogens is 2. The van der Waals surface area contributed by atoms with Crippen molar-refractivity contribution in [1.82, 2.24) is 14.9 Å². The van der Waals surface area contributed by atoms with Crippen LogP contribution in [0.3, 0.4) is 0 Å². The fraction of sp³-hybridized carbons (Fsp3) is 0.545. The second-order valence-electron chi connectivity index (χ2n) is 7.71. The third kappa shape index (κ3) is 4.41. The van der Waals surface area contributed by atoms with Crippen LogP contribution >= 0.6 is 0 Å². The molecule has 0 radical (unpaired) electrons. The highest BCUT2D eigenvalue weighted by atomic mass is 15.3. The van der Waals surface area contributed by atoms with E-state index in [9.17, 15) is 0 Å². The van der Waals surface area contributed by atoms with Crippen molar-refractivity contribution in [2.24, 2.45) is 0 Å². The molecule has 4 rings (SSSR count). The molecule has 1 unspecified atom stereocenters. The summed E-state index contributed by atoms with van der Waals surface area (Å²) in [5, 5.41) is 0. The molecule has 1 atom stereocenters. The lowest BCUT2D eigenvalue weighted by Gasteiger charge is -2.37. The van der Waals surface area contributed by atoms with E-state index < -0.39 is 0 Å². The van der Waals surface area contributed by atoms with Gasteiger partial charge in [0.05, 0.1) is 0 Å². The third-order valence-electron chi connectivity index (χ3n) is 5.93. The molecule has 1 aromatic heterocycles. The van der Waals surface area contributed by atoms with E-state index in [-0.39, 0.29) is 0 Å². The summed E-state index contributed by atoms with van der Waals surface area (Å²) in [7, 11) is 0. The summed E-state index contributed by atoms with van der Waals surface area (Å²) in [5.74, 6) is 2.01. The first-order valence-electron chi connectivity index (χ1n) is 10.4. The molecule has 144 valence electrons. The summed E-state index contributed by atoms with van der Waals surface area (Å²) in [6.07, 6.45) is 6.96. The number of piperidine rings is 1. The molecule has 0 aliphatic carbocycles. The molecular formula is C22H31N5. The molecular weight excluding hydrogens is 334 g/mol. The van der Waals surface area contributed by atoms with E-state index in [0.29, 0.717) is 6.04 Å². The lowest BCUT2D eigenvalue weighted by molar-refractivity contribution is 0.249. The van der Waals surface area contributed by atoms with Gasteiger partial charge in [-0.15, -0.1) is 0 Å². The van der Waals surface area contributed by atoms with Gasteiger partial charge < -0.3 is 9.80 Å². The summed E-state index contributed by atoms with van der Waals surface area (Å²) in [6, 6.07) is 13.4. The number of hydrogen-bond acceptors (Lipinski definition) is 5. The molecule has 2 aromatic rings. The average molecular weight is 366 g/mol. The molecule has 27 heavy (non-hydrogen) atoms. The minimum absolute atomic E-state index is 0.594. The van der Waals surface area contributed by atoms with Crippen molar-refractivity contribution in [3.05, 3.63) is 48.2 Å². The maximum atomic E-state index is 4.95. The van der Waals surface area contributed by atoms with Gasteiger partial charge in [-0.1, -0.05) is 37.3 Å². The van der Waals surface area contributed by atoms with E-state index in [4.69, 9.17) is 4.98 Å². The molecule has 2 saturated heterocycles. The predicted molar refractivity (Wildman–Crippen MR) is 111 cm³/mol.